The minimum atomic E-state index is -0.506. The lowest BCUT2D eigenvalue weighted by molar-refractivity contribution is -0.142. The van der Waals surface area contributed by atoms with Crippen LogP contribution in [0.5, 0.6) is 0 Å². The van der Waals surface area contributed by atoms with Gasteiger partial charge in [0, 0.05) is 22.2 Å². The van der Waals surface area contributed by atoms with E-state index in [1.165, 1.54) is 16.2 Å². The van der Waals surface area contributed by atoms with Gasteiger partial charge in [-0.3, -0.25) is 14.5 Å². The van der Waals surface area contributed by atoms with Crippen LogP contribution in [0.3, 0.4) is 0 Å². The van der Waals surface area contributed by atoms with Crippen LogP contribution in [0.15, 0.2) is 11.4 Å². The number of likely N-dealkylation sites (tertiary alicyclic amines) is 1. The molecule has 2 amide bonds. The molecule has 1 aromatic heterocycles. The summed E-state index contributed by atoms with van der Waals surface area (Å²) >= 11 is 1.48. The summed E-state index contributed by atoms with van der Waals surface area (Å²) in [5, 5.41) is 10.5. The van der Waals surface area contributed by atoms with Crippen molar-refractivity contribution in [2.75, 3.05) is 6.61 Å². The molecule has 1 aliphatic heterocycles. The number of hydrogen-bond acceptors (Lipinski definition) is 4. The van der Waals surface area contributed by atoms with E-state index in [-0.39, 0.29) is 18.4 Å². The Morgan fingerprint density at radius 2 is 2.10 bits per heavy atom. The van der Waals surface area contributed by atoms with Gasteiger partial charge in [-0.2, -0.15) is 0 Å². The van der Waals surface area contributed by atoms with Crippen molar-refractivity contribution in [2.24, 2.45) is 5.41 Å². The first-order chi connectivity index (χ1) is 10.1. The number of rotatable bonds is 4. The van der Waals surface area contributed by atoms with Crippen molar-refractivity contribution in [3.8, 4) is 11.8 Å². The smallest absolute Gasteiger partial charge is 0.236 e. The predicted molar refractivity (Wildman–Crippen MR) is 81.5 cm³/mol. The second-order valence-electron chi connectivity index (χ2n) is 5.21. The Balaban J connectivity index is 2.14. The quantitative estimate of drug-likeness (QED) is 0.685. The molecule has 0 aromatic carbocycles. The van der Waals surface area contributed by atoms with E-state index in [1.807, 2.05) is 25.3 Å². The monoisotopic (exact) mass is 305 g/mol. The Morgan fingerprint density at radius 1 is 1.38 bits per heavy atom. The van der Waals surface area contributed by atoms with E-state index in [0.717, 1.165) is 10.4 Å². The summed E-state index contributed by atoms with van der Waals surface area (Å²) in [5.74, 6) is 5.28. The molecule has 4 nitrogen and oxygen atoms in total. The largest absolute Gasteiger partial charge is 0.384 e. The van der Waals surface area contributed by atoms with Crippen molar-refractivity contribution in [3.63, 3.8) is 0 Å². The van der Waals surface area contributed by atoms with Crippen molar-refractivity contribution in [1.82, 2.24) is 4.90 Å². The fourth-order valence-electron chi connectivity index (χ4n) is 2.65. The molecule has 0 aliphatic carbocycles. The highest BCUT2D eigenvalue weighted by atomic mass is 32.1. The Kier molecular flexibility index (Phi) is 4.81. The standard InChI is InChI=1S/C16H19NO3S/c1-3-16(4-2)9-14(19)17(15(16)20)10-13-8-12(11-21-13)6-5-7-18/h8,11,18H,3-4,7,9-10H2,1-2H3. The summed E-state index contributed by atoms with van der Waals surface area (Å²) in [5.41, 5.74) is 0.300. The molecule has 21 heavy (non-hydrogen) atoms. The van der Waals surface area contributed by atoms with Crippen LogP contribution >= 0.6 is 11.3 Å². The molecule has 1 N–H and O–H groups in total. The van der Waals surface area contributed by atoms with Crippen molar-refractivity contribution in [1.29, 1.82) is 0 Å². The molecule has 2 rings (SSSR count). The molecular weight excluding hydrogens is 286 g/mol. The number of imide groups is 1. The lowest BCUT2D eigenvalue weighted by Crippen LogP contribution is -2.34. The van der Waals surface area contributed by atoms with E-state index < -0.39 is 5.41 Å². The van der Waals surface area contributed by atoms with Crippen LogP contribution in [0.2, 0.25) is 0 Å². The van der Waals surface area contributed by atoms with Crippen LogP contribution in [0.1, 0.15) is 43.6 Å². The second kappa shape index (κ2) is 6.42. The molecule has 1 saturated heterocycles. The van der Waals surface area contributed by atoms with Gasteiger partial charge in [-0.25, -0.2) is 0 Å². The molecule has 5 heteroatoms. The maximum atomic E-state index is 12.5. The number of amides is 2. The van der Waals surface area contributed by atoms with E-state index in [9.17, 15) is 9.59 Å². The zero-order chi connectivity index (χ0) is 15.5. The summed E-state index contributed by atoms with van der Waals surface area (Å²) in [6, 6.07) is 1.87. The number of thiophene rings is 1. The van der Waals surface area contributed by atoms with E-state index in [4.69, 9.17) is 5.11 Å². The third-order valence-corrected chi connectivity index (χ3v) is 5.04. The molecular formula is C16H19NO3S. The van der Waals surface area contributed by atoms with Crippen LogP contribution in [0, 0.1) is 17.3 Å². The first kappa shape index (κ1) is 15.7. The molecule has 0 bridgehead atoms. The van der Waals surface area contributed by atoms with E-state index >= 15 is 0 Å². The zero-order valence-corrected chi connectivity index (χ0v) is 13.1. The Bertz CT molecular complexity index is 605. The van der Waals surface area contributed by atoms with Gasteiger partial charge < -0.3 is 5.11 Å². The number of carbonyl (C=O) groups is 2. The summed E-state index contributed by atoms with van der Waals surface area (Å²) in [7, 11) is 0. The topological polar surface area (TPSA) is 57.6 Å². The highest BCUT2D eigenvalue weighted by molar-refractivity contribution is 7.10. The molecule has 1 fully saturated rings. The highest BCUT2D eigenvalue weighted by Gasteiger charge is 2.48. The predicted octanol–water partition coefficient (Wildman–Crippen LogP) is 2.16. The molecule has 1 aliphatic rings. The average Bonchev–Trinajstić information content (AvgIpc) is 3.03. The average molecular weight is 305 g/mol. The Labute approximate surface area is 128 Å². The van der Waals surface area contributed by atoms with Gasteiger partial charge in [0.1, 0.15) is 6.61 Å². The number of aliphatic hydroxyl groups is 1. The van der Waals surface area contributed by atoms with Gasteiger partial charge in [0.15, 0.2) is 0 Å². The summed E-state index contributed by atoms with van der Waals surface area (Å²) in [4.78, 5) is 27.0. The molecule has 0 atom stereocenters. The normalized spacial score (nSPS) is 17.0. The molecule has 1 aromatic rings. The van der Waals surface area contributed by atoms with Gasteiger partial charge in [-0.1, -0.05) is 25.7 Å². The maximum absolute atomic E-state index is 12.5. The minimum Gasteiger partial charge on any atom is -0.384 e. The first-order valence-corrected chi connectivity index (χ1v) is 7.96. The van der Waals surface area contributed by atoms with Crippen LogP contribution in [-0.4, -0.2) is 28.4 Å². The van der Waals surface area contributed by atoms with Crippen molar-refractivity contribution >= 4 is 23.2 Å². The van der Waals surface area contributed by atoms with Crippen LogP contribution in [-0.2, 0) is 16.1 Å². The lowest BCUT2D eigenvalue weighted by atomic mass is 9.81. The maximum Gasteiger partial charge on any atom is 0.236 e. The number of carbonyl (C=O) groups excluding carboxylic acids is 2. The van der Waals surface area contributed by atoms with Gasteiger partial charge >= 0.3 is 0 Å². The van der Waals surface area contributed by atoms with Gasteiger partial charge in [0.25, 0.3) is 0 Å². The lowest BCUT2D eigenvalue weighted by Gasteiger charge is -2.23. The van der Waals surface area contributed by atoms with Crippen molar-refractivity contribution in [3.05, 3.63) is 21.9 Å². The molecule has 0 radical (unpaired) electrons. The van der Waals surface area contributed by atoms with Crippen molar-refractivity contribution < 1.29 is 14.7 Å². The molecule has 112 valence electrons. The van der Waals surface area contributed by atoms with Crippen LogP contribution in [0.4, 0.5) is 0 Å². The first-order valence-electron chi connectivity index (χ1n) is 7.08. The van der Waals surface area contributed by atoms with Crippen LogP contribution in [0.25, 0.3) is 0 Å². The Morgan fingerprint density at radius 3 is 2.67 bits per heavy atom. The Hall–Kier alpha value is -1.64. The van der Waals surface area contributed by atoms with Gasteiger partial charge in [0.05, 0.1) is 12.0 Å². The van der Waals surface area contributed by atoms with Crippen LogP contribution < -0.4 is 0 Å². The van der Waals surface area contributed by atoms with E-state index in [0.29, 0.717) is 25.8 Å². The summed E-state index contributed by atoms with van der Waals surface area (Å²) < 4.78 is 0. The molecule has 0 saturated carbocycles. The number of aliphatic hydroxyl groups excluding tert-OH is 1. The highest BCUT2D eigenvalue weighted by Crippen LogP contribution is 2.40. The van der Waals surface area contributed by atoms with Gasteiger partial charge in [-0.15, -0.1) is 11.3 Å². The molecule has 0 unspecified atom stereocenters. The van der Waals surface area contributed by atoms with Crippen molar-refractivity contribution in [2.45, 2.75) is 39.7 Å². The summed E-state index contributed by atoms with van der Waals surface area (Å²) in [6.45, 7) is 4.08. The minimum absolute atomic E-state index is 0.0473. The van der Waals surface area contributed by atoms with Gasteiger partial charge in [-0.05, 0) is 18.9 Å². The zero-order valence-electron chi connectivity index (χ0n) is 12.3. The fourth-order valence-corrected chi connectivity index (χ4v) is 3.45. The molecule has 2 heterocycles. The fraction of sp³-hybridized carbons (Fsp3) is 0.500. The SMILES string of the molecule is CCC1(CC)CC(=O)N(Cc2cc(C#CCO)cs2)C1=O. The third-order valence-electron chi connectivity index (χ3n) is 4.12. The summed E-state index contributed by atoms with van der Waals surface area (Å²) in [6.07, 6.45) is 1.71. The number of nitrogens with zero attached hydrogens (tertiary/aromatic N) is 1. The third kappa shape index (κ3) is 3.02. The van der Waals surface area contributed by atoms with E-state index in [1.54, 1.807) is 0 Å². The second-order valence-corrected chi connectivity index (χ2v) is 6.21. The molecule has 0 spiro atoms. The van der Waals surface area contributed by atoms with Gasteiger partial charge in [0.2, 0.25) is 11.8 Å². The number of hydrogen-bond donors (Lipinski definition) is 1. The van der Waals surface area contributed by atoms with E-state index in [2.05, 4.69) is 11.8 Å².